The summed E-state index contributed by atoms with van der Waals surface area (Å²) >= 11 is 0. The fourth-order valence-electron chi connectivity index (χ4n) is 11.0. The van der Waals surface area contributed by atoms with E-state index in [9.17, 15) is 43.2 Å². The number of aliphatic hydroxyl groups excluding tert-OH is 1. The van der Waals surface area contributed by atoms with Gasteiger partial charge in [-0.15, -0.1) is 0 Å². The Bertz CT molecular complexity index is 1820. The lowest BCUT2D eigenvalue weighted by Crippen LogP contribution is -2.30. The number of hydrogen-bond donors (Lipinski definition) is 3. The van der Waals surface area contributed by atoms with Gasteiger partial charge in [0, 0.05) is 25.7 Å². The molecule has 0 aromatic rings. The van der Waals surface area contributed by atoms with Gasteiger partial charge in [-0.05, 0) is 49.4 Å². The van der Waals surface area contributed by atoms with Gasteiger partial charge in [0.05, 0.1) is 26.4 Å². The van der Waals surface area contributed by atoms with Crippen LogP contribution in [0.15, 0.2) is 0 Å². The van der Waals surface area contributed by atoms with E-state index in [4.69, 9.17) is 37.0 Å². The third-order valence-corrected chi connectivity index (χ3v) is 19.4. The van der Waals surface area contributed by atoms with Gasteiger partial charge in [-0.1, -0.05) is 312 Å². The zero-order valence-electron chi connectivity index (χ0n) is 60.2. The minimum atomic E-state index is -4.95. The molecule has 0 fully saturated rings. The van der Waals surface area contributed by atoms with Gasteiger partial charge in [-0.25, -0.2) is 9.13 Å². The first-order valence-corrected chi connectivity index (χ1v) is 40.8. The van der Waals surface area contributed by atoms with Crippen LogP contribution in [0.25, 0.3) is 0 Å². The standard InChI is InChI=1S/C73H142O17P2/c1-9-65(7)51-43-35-26-21-19-17-15-13-11-12-14-16-18-20-22-28-39-47-55-72(77)89-68(59-83-70(75)53-45-37-27-24-23-25-33-41-49-63(3)4)61-87-91(79,80)85-57-67(74)58-86-92(81,82)88-62-69(60-84-71(76)54-46-38-31-29-34-42-50-64(5)6)90-73(78)56-48-40-32-30-36-44-52-66(8)10-2/h63-69,74H,9-62H2,1-8H3,(H,79,80)(H,81,82)/t65?,66?,67-,68-,69-/m1/s1. The summed E-state index contributed by atoms with van der Waals surface area (Å²) in [5, 5.41) is 10.6. The molecule has 0 bridgehead atoms. The fourth-order valence-corrected chi connectivity index (χ4v) is 12.5. The smallest absolute Gasteiger partial charge is 0.462 e. The second kappa shape index (κ2) is 62.6. The quantitative estimate of drug-likeness (QED) is 0.0222. The van der Waals surface area contributed by atoms with Crippen LogP contribution in [-0.2, 0) is 65.4 Å². The van der Waals surface area contributed by atoms with Gasteiger partial charge >= 0.3 is 39.5 Å². The molecule has 0 aromatic heterocycles. The zero-order valence-corrected chi connectivity index (χ0v) is 62.0. The molecule has 3 N–H and O–H groups in total. The summed E-state index contributed by atoms with van der Waals surface area (Å²) in [6, 6.07) is 0. The van der Waals surface area contributed by atoms with Crippen molar-refractivity contribution in [1.82, 2.24) is 0 Å². The van der Waals surface area contributed by atoms with Gasteiger partial charge in [0.25, 0.3) is 0 Å². The molecule has 0 heterocycles. The Morgan fingerprint density at radius 1 is 0.304 bits per heavy atom. The number of unbranched alkanes of at least 4 members (excludes halogenated alkanes) is 34. The Hall–Kier alpha value is -1.94. The van der Waals surface area contributed by atoms with E-state index in [2.05, 4.69) is 55.4 Å². The Kier molecular flexibility index (Phi) is 61.3. The Morgan fingerprint density at radius 2 is 0.522 bits per heavy atom. The molecule has 92 heavy (non-hydrogen) atoms. The molecule has 0 aromatic carbocycles. The molecule has 7 atom stereocenters. The SMILES string of the molecule is CCC(C)CCCCCCCCCCCCCCCCCCCCC(=O)O[C@H](COC(=O)CCCCCCCCCCC(C)C)COP(=O)(O)OC[C@@H](O)COP(=O)(O)OC[C@@H](COC(=O)CCCCCCCCC(C)C)OC(=O)CCCCCCCCC(C)CC. The third-order valence-electron chi connectivity index (χ3n) is 17.5. The van der Waals surface area contributed by atoms with Crippen LogP contribution in [0.3, 0.4) is 0 Å². The highest BCUT2D eigenvalue weighted by Crippen LogP contribution is 2.45. The molecule has 0 aliphatic carbocycles. The molecular formula is C73H142O17P2. The largest absolute Gasteiger partial charge is 0.472 e. The average molecular weight is 1350 g/mol. The van der Waals surface area contributed by atoms with Gasteiger partial charge in [-0.2, -0.15) is 0 Å². The lowest BCUT2D eigenvalue weighted by molar-refractivity contribution is -0.161. The molecule has 4 unspecified atom stereocenters. The summed E-state index contributed by atoms with van der Waals surface area (Å²) in [7, 11) is -9.90. The van der Waals surface area contributed by atoms with Crippen LogP contribution in [-0.4, -0.2) is 96.7 Å². The molecule has 0 rings (SSSR count). The molecule has 0 aliphatic heterocycles. The number of ether oxygens (including phenoxy) is 4. The summed E-state index contributed by atoms with van der Waals surface area (Å²) in [6.07, 6.45) is 46.2. The van der Waals surface area contributed by atoms with E-state index in [1.54, 1.807) is 0 Å². The first-order valence-electron chi connectivity index (χ1n) is 37.8. The summed E-state index contributed by atoms with van der Waals surface area (Å²) in [5.74, 6) is 0.865. The number of esters is 4. The van der Waals surface area contributed by atoms with Crippen LogP contribution in [0.5, 0.6) is 0 Å². The number of carbonyl (C=O) groups excluding carboxylic acids is 4. The molecule has 0 saturated heterocycles. The van der Waals surface area contributed by atoms with E-state index in [0.717, 1.165) is 114 Å². The summed E-state index contributed by atoms with van der Waals surface area (Å²) < 4.78 is 68.3. The van der Waals surface area contributed by atoms with Gasteiger partial charge in [0.15, 0.2) is 12.2 Å². The van der Waals surface area contributed by atoms with Gasteiger partial charge in [0.2, 0.25) is 0 Å². The predicted octanol–water partition coefficient (Wildman–Crippen LogP) is 20.9. The van der Waals surface area contributed by atoms with Gasteiger partial charge in [-0.3, -0.25) is 37.3 Å². The first kappa shape index (κ1) is 90.1. The number of carbonyl (C=O) groups is 4. The van der Waals surface area contributed by atoms with Crippen molar-refractivity contribution >= 4 is 39.5 Å². The fraction of sp³-hybridized carbons (Fsp3) is 0.945. The number of rotatable bonds is 70. The van der Waals surface area contributed by atoms with Crippen molar-refractivity contribution in [2.24, 2.45) is 23.7 Å². The van der Waals surface area contributed by atoms with Crippen LogP contribution in [0.2, 0.25) is 0 Å². The Balaban J connectivity index is 5.15. The highest BCUT2D eigenvalue weighted by Gasteiger charge is 2.30. The minimum absolute atomic E-state index is 0.101. The first-order chi connectivity index (χ1) is 44.2. The van der Waals surface area contributed by atoms with Crippen LogP contribution < -0.4 is 0 Å². The van der Waals surface area contributed by atoms with Gasteiger partial charge in [0.1, 0.15) is 19.3 Å². The molecule has 19 heteroatoms. The maximum absolute atomic E-state index is 13.0. The van der Waals surface area contributed by atoms with Crippen LogP contribution in [0, 0.1) is 23.7 Å². The molecule has 0 radical (unpaired) electrons. The van der Waals surface area contributed by atoms with Crippen molar-refractivity contribution < 1.29 is 80.2 Å². The summed E-state index contributed by atoms with van der Waals surface area (Å²) in [5.41, 5.74) is 0. The number of phosphoric acid groups is 2. The number of hydrogen-bond acceptors (Lipinski definition) is 15. The lowest BCUT2D eigenvalue weighted by Gasteiger charge is -2.21. The maximum atomic E-state index is 13.0. The summed E-state index contributed by atoms with van der Waals surface area (Å²) in [6.45, 7) is 14.1. The average Bonchev–Trinajstić information content (AvgIpc) is 1.71. The molecule has 0 amide bonds. The van der Waals surface area contributed by atoms with E-state index in [0.29, 0.717) is 31.6 Å². The van der Waals surface area contributed by atoms with E-state index < -0.39 is 97.5 Å². The van der Waals surface area contributed by atoms with E-state index in [1.165, 1.54) is 161 Å². The van der Waals surface area contributed by atoms with Crippen LogP contribution >= 0.6 is 15.6 Å². The third kappa shape index (κ3) is 64.1. The molecule has 17 nitrogen and oxygen atoms in total. The van der Waals surface area contributed by atoms with Crippen LogP contribution in [0.1, 0.15) is 364 Å². The second-order valence-corrected chi connectivity index (χ2v) is 30.7. The Labute approximate surface area is 562 Å². The molecule has 0 aliphatic rings. The van der Waals surface area contributed by atoms with Crippen molar-refractivity contribution in [2.75, 3.05) is 39.6 Å². The zero-order chi connectivity index (χ0) is 68.2. The maximum Gasteiger partial charge on any atom is 0.472 e. The van der Waals surface area contributed by atoms with E-state index in [-0.39, 0.29) is 25.7 Å². The highest BCUT2D eigenvalue weighted by atomic mass is 31.2. The topological polar surface area (TPSA) is 237 Å². The van der Waals surface area contributed by atoms with Crippen molar-refractivity contribution in [3.8, 4) is 0 Å². The second-order valence-electron chi connectivity index (χ2n) is 27.8. The number of phosphoric ester groups is 2. The minimum Gasteiger partial charge on any atom is -0.462 e. The van der Waals surface area contributed by atoms with E-state index >= 15 is 0 Å². The lowest BCUT2D eigenvalue weighted by atomic mass is 9.99. The molecule has 0 spiro atoms. The normalized spacial score (nSPS) is 14.8. The van der Waals surface area contributed by atoms with Crippen molar-refractivity contribution in [3.05, 3.63) is 0 Å². The number of aliphatic hydroxyl groups is 1. The summed E-state index contributed by atoms with van der Waals surface area (Å²) in [4.78, 5) is 72.5. The molecule has 546 valence electrons. The molecular weight excluding hydrogens is 1210 g/mol. The molecule has 0 saturated carbocycles. The van der Waals surface area contributed by atoms with E-state index in [1.807, 2.05) is 0 Å². The predicted molar refractivity (Wildman–Crippen MR) is 372 cm³/mol. The van der Waals surface area contributed by atoms with Crippen molar-refractivity contribution in [2.45, 2.75) is 382 Å². The van der Waals surface area contributed by atoms with Crippen molar-refractivity contribution in [3.63, 3.8) is 0 Å². The van der Waals surface area contributed by atoms with Crippen molar-refractivity contribution in [1.29, 1.82) is 0 Å². The highest BCUT2D eigenvalue weighted by molar-refractivity contribution is 7.47. The Morgan fingerprint density at radius 3 is 0.772 bits per heavy atom. The monoisotopic (exact) mass is 1350 g/mol. The van der Waals surface area contributed by atoms with Crippen LogP contribution in [0.4, 0.5) is 0 Å². The van der Waals surface area contributed by atoms with Gasteiger partial charge < -0.3 is 33.8 Å².